The van der Waals surface area contributed by atoms with E-state index in [2.05, 4.69) is 10.6 Å². The summed E-state index contributed by atoms with van der Waals surface area (Å²) >= 11 is 0. The van der Waals surface area contributed by atoms with E-state index in [0.29, 0.717) is 0 Å². The smallest absolute Gasteiger partial charge is 0.239 e. The van der Waals surface area contributed by atoms with Gasteiger partial charge in [0.1, 0.15) is 12.1 Å². The summed E-state index contributed by atoms with van der Waals surface area (Å²) in [5.41, 5.74) is 10.5. The van der Waals surface area contributed by atoms with Crippen molar-refractivity contribution in [1.82, 2.24) is 10.6 Å². The number of aliphatic hydroxyl groups is 1. The zero-order chi connectivity index (χ0) is 13.6. The van der Waals surface area contributed by atoms with Crippen molar-refractivity contribution in [2.45, 2.75) is 38.4 Å². The van der Waals surface area contributed by atoms with E-state index in [9.17, 15) is 9.59 Å². The van der Waals surface area contributed by atoms with E-state index in [1.165, 1.54) is 0 Å². The third-order valence-corrected chi connectivity index (χ3v) is 1.86. The molecule has 0 rings (SSSR count). The predicted octanol–water partition coefficient (Wildman–Crippen LogP) is -2.34. The van der Waals surface area contributed by atoms with Crippen LogP contribution in [-0.4, -0.2) is 47.7 Å². The number of aliphatic hydroxyl groups excluding tert-OH is 1. The third kappa shape index (κ3) is 6.88. The van der Waals surface area contributed by atoms with Crippen molar-refractivity contribution in [3.8, 4) is 0 Å². The van der Waals surface area contributed by atoms with Crippen LogP contribution in [0.15, 0.2) is 0 Å². The lowest BCUT2D eigenvalue weighted by atomic mass is 10.1. The van der Waals surface area contributed by atoms with E-state index in [-0.39, 0.29) is 18.0 Å². The first-order valence-electron chi connectivity index (χ1n) is 5.39. The van der Waals surface area contributed by atoms with Crippen LogP contribution < -0.4 is 22.1 Å². The fraction of sp³-hybridized carbons (Fsp3) is 0.800. The normalized spacial score (nSPS) is 14.9. The Kier molecular flexibility index (Phi) is 6.08. The van der Waals surface area contributed by atoms with Gasteiger partial charge in [-0.2, -0.15) is 0 Å². The molecule has 1 unspecified atom stereocenters. The lowest BCUT2D eigenvalue weighted by Gasteiger charge is -2.23. The molecule has 0 bridgehead atoms. The Hall–Kier alpha value is -1.18. The second-order valence-corrected chi connectivity index (χ2v) is 4.88. The summed E-state index contributed by atoms with van der Waals surface area (Å²) < 4.78 is 0. The van der Waals surface area contributed by atoms with Crippen LogP contribution in [0.3, 0.4) is 0 Å². The Balaban J connectivity index is 4.06. The van der Waals surface area contributed by atoms with Crippen LogP contribution in [0.4, 0.5) is 0 Å². The number of rotatable bonds is 5. The highest BCUT2D eigenvalue weighted by molar-refractivity contribution is 5.85. The zero-order valence-electron chi connectivity index (χ0n) is 10.5. The largest absolute Gasteiger partial charge is 0.394 e. The van der Waals surface area contributed by atoms with Crippen LogP contribution >= 0.6 is 0 Å². The van der Waals surface area contributed by atoms with E-state index < -0.39 is 24.6 Å². The number of carbonyl (C=O) groups excluding carboxylic acids is 2. The number of amides is 2. The Labute approximate surface area is 101 Å². The second kappa shape index (κ2) is 6.53. The number of hydrogen-bond acceptors (Lipinski definition) is 5. The molecule has 0 aromatic heterocycles. The molecule has 7 heteroatoms. The van der Waals surface area contributed by atoms with Gasteiger partial charge in [-0.05, 0) is 20.8 Å². The average Bonchev–Trinajstić information content (AvgIpc) is 2.21. The Bertz CT molecular complexity index is 275. The number of nitrogens with one attached hydrogen (secondary N) is 2. The average molecular weight is 246 g/mol. The van der Waals surface area contributed by atoms with Crippen molar-refractivity contribution in [3.63, 3.8) is 0 Å². The van der Waals surface area contributed by atoms with Gasteiger partial charge in [-0.15, -0.1) is 0 Å². The highest BCUT2D eigenvalue weighted by Crippen LogP contribution is 1.98. The SMILES string of the molecule is CC(C)(C)NC(=O)[C@H](N)CNC(=O)C(N)CO. The first kappa shape index (κ1) is 15.8. The molecule has 0 aromatic rings. The second-order valence-electron chi connectivity index (χ2n) is 4.88. The monoisotopic (exact) mass is 246 g/mol. The van der Waals surface area contributed by atoms with Crippen LogP contribution in [0.1, 0.15) is 20.8 Å². The minimum absolute atomic E-state index is 0.0194. The third-order valence-electron chi connectivity index (χ3n) is 1.86. The van der Waals surface area contributed by atoms with Gasteiger partial charge < -0.3 is 27.2 Å². The summed E-state index contributed by atoms with van der Waals surface area (Å²) in [6.07, 6.45) is 0. The molecule has 2 amide bonds. The number of carbonyl (C=O) groups is 2. The molecule has 0 aliphatic carbocycles. The lowest BCUT2D eigenvalue weighted by molar-refractivity contribution is -0.125. The maximum atomic E-state index is 11.5. The predicted molar refractivity (Wildman–Crippen MR) is 63.9 cm³/mol. The summed E-state index contributed by atoms with van der Waals surface area (Å²) in [5.74, 6) is -0.887. The molecule has 0 saturated carbocycles. The molecule has 0 radical (unpaired) electrons. The van der Waals surface area contributed by atoms with E-state index in [0.717, 1.165) is 0 Å². The van der Waals surface area contributed by atoms with Gasteiger partial charge in [0.15, 0.2) is 0 Å². The van der Waals surface area contributed by atoms with Crippen molar-refractivity contribution < 1.29 is 14.7 Å². The van der Waals surface area contributed by atoms with Crippen molar-refractivity contribution in [2.75, 3.05) is 13.2 Å². The Morgan fingerprint density at radius 3 is 2.12 bits per heavy atom. The van der Waals surface area contributed by atoms with Crippen molar-refractivity contribution >= 4 is 11.8 Å². The summed E-state index contributed by atoms with van der Waals surface area (Å²) in [7, 11) is 0. The van der Waals surface area contributed by atoms with E-state index in [4.69, 9.17) is 16.6 Å². The van der Waals surface area contributed by atoms with Gasteiger partial charge >= 0.3 is 0 Å². The molecule has 17 heavy (non-hydrogen) atoms. The van der Waals surface area contributed by atoms with Gasteiger partial charge in [-0.25, -0.2) is 0 Å². The van der Waals surface area contributed by atoms with E-state index in [1.54, 1.807) is 0 Å². The molecule has 0 saturated heterocycles. The lowest BCUT2D eigenvalue weighted by Crippen LogP contribution is -2.54. The maximum absolute atomic E-state index is 11.5. The van der Waals surface area contributed by atoms with Gasteiger partial charge in [-0.3, -0.25) is 9.59 Å². The zero-order valence-corrected chi connectivity index (χ0v) is 10.5. The van der Waals surface area contributed by atoms with Crippen LogP contribution in [0.5, 0.6) is 0 Å². The van der Waals surface area contributed by atoms with Crippen LogP contribution in [0.2, 0.25) is 0 Å². The Morgan fingerprint density at radius 2 is 1.71 bits per heavy atom. The van der Waals surface area contributed by atoms with E-state index in [1.807, 2.05) is 20.8 Å². The molecule has 0 heterocycles. The molecule has 0 aromatic carbocycles. The molecule has 7 N–H and O–H groups in total. The molecule has 0 aliphatic heterocycles. The molecule has 100 valence electrons. The van der Waals surface area contributed by atoms with Crippen LogP contribution in [0.25, 0.3) is 0 Å². The fourth-order valence-corrected chi connectivity index (χ4v) is 0.980. The highest BCUT2D eigenvalue weighted by atomic mass is 16.3. The topological polar surface area (TPSA) is 130 Å². The minimum atomic E-state index is -0.993. The van der Waals surface area contributed by atoms with Crippen molar-refractivity contribution in [1.29, 1.82) is 0 Å². The van der Waals surface area contributed by atoms with Gasteiger partial charge in [-0.1, -0.05) is 0 Å². The standard InChI is InChI=1S/C10H22N4O3/c1-10(2,3)14-9(17)6(11)4-13-8(16)7(12)5-15/h6-7,15H,4-5,11-12H2,1-3H3,(H,13,16)(H,14,17)/t6-,7?/m1/s1. The minimum Gasteiger partial charge on any atom is -0.394 e. The first-order chi connectivity index (χ1) is 7.67. The molecule has 0 spiro atoms. The van der Waals surface area contributed by atoms with Crippen LogP contribution in [-0.2, 0) is 9.59 Å². The summed E-state index contributed by atoms with van der Waals surface area (Å²) in [6.45, 7) is 5.03. The molecular formula is C10H22N4O3. The van der Waals surface area contributed by atoms with E-state index >= 15 is 0 Å². The maximum Gasteiger partial charge on any atom is 0.239 e. The fourth-order valence-electron chi connectivity index (χ4n) is 0.980. The quantitative estimate of drug-likeness (QED) is 0.371. The van der Waals surface area contributed by atoms with Crippen LogP contribution in [0, 0.1) is 0 Å². The van der Waals surface area contributed by atoms with Gasteiger partial charge in [0, 0.05) is 12.1 Å². The summed E-state index contributed by atoms with van der Waals surface area (Å²) in [4.78, 5) is 22.7. The number of hydrogen-bond donors (Lipinski definition) is 5. The molecule has 0 aliphatic rings. The molecule has 7 nitrogen and oxygen atoms in total. The summed E-state index contributed by atoms with van der Waals surface area (Å²) in [6, 6.07) is -1.84. The van der Waals surface area contributed by atoms with Crippen molar-refractivity contribution in [3.05, 3.63) is 0 Å². The van der Waals surface area contributed by atoms with Crippen molar-refractivity contribution in [2.24, 2.45) is 11.5 Å². The molecule has 0 fully saturated rings. The summed E-state index contributed by atoms with van der Waals surface area (Å²) in [5, 5.41) is 13.7. The molecule has 2 atom stereocenters. The highest BCUT2D eigenvalue weighted by Gasteiger charge is 2.21. The Morgan fingerprint density at radius 1 is 1.18 bits per heavy atom. The van der Waals surface area contributed by atoms with Gasteiger partial charge in [0.25, 0.3) is 0 Å². The molecular weight excluding hydrogens is 224 g/mol. The first-order valence-corrected chi connectivity index (χ1v) is 5.39. The van der Waals surface area contributed by atoms with Gasteiger partial charge in [0.2, 0.25) is 11.8 Å². The number of nitrogens with two attached hydrogens (primary N) is 2. The van der Waals surface area contributed by atoms with Gasteiger partial charge in [0.05, 0.1) is 6.61 Å².